The van der Waals surface area contributed by atoms with Gasteiger partial charge in [0.05, 0.1) is 5.69 Å². The third-order valence-electron chi connectivity index (χ3n) is 4.21. The van der Waals surface area contributed by atoms with Crippen LogP contribution in [0.1, 0.15) is 26.4 Å². The molecule has 7 heteroatoms. The zero-order chi connectivity index (χ0) is 19.0. The van der Waals surface area contributed by atoms with Gasteiger partial charge in [0, 0.05) is 17.3 Å². The number of hydrogen-bond donors (Lipinski definition) is 2. The van der Waals surface area contributed by atoms with Gasteiger partial charge in [-0.05, 0) is 19.1 Å². The predicted octanol–water partition coefficient (Wildman–Crippen LogP) is 4.21. The summed E-state index contributed by atoms with van der Waals surface area (Å²) < 4.78 is 10.7. The van der Waals surface area contributed by atoms with Gasteiger partial charge >= 0.3 is 0 Å². The molecular formula is C20H15N3O3S. The van der Waals surface area contributed by atoms with E-state index in [9.17, 15) is 10.1 Å². The van der Waals surface area contributed by atoms with Crippen LogP contribution >= 0.6 is 11.3 Å². The molecule has 0 spiro atoms. The van der Waals surface area contributed by atoms with E-state index in [1.54, 1.807) is 24.3 Å². The number of ether oxygens (including phenoxy) is 2. The Bertz CT molecular complexity index is 1080. The molecule has 0 saturated carbocycles. The highest BCUT2D eigenvalue weighted by Gasteiger charge is 2.23. The molecule has 2 aromatic carbocycles. The second kappa shape index (κ2) is 6.67. The highest BCUT2D eigenvalue weighted by molar-refractivity contribution is 7.19. The molecule has 1 aromatic heterocycles. The van der Waals surface area contributed by atoms with Gasteiger partial charge < -0.3 is 20.5 Å². The van der Waals surface area contributed by atoms with Crippen LogP contribution in [-0.2, 0) is 0 Å². The molecule has 0 bridgehead atoms. The summed E-state index contributed by atoms with van der Waals surface area (Å²) in [5.41, 5.74) is 8.87. The van der Waals surface area contributed by atoms with E-state index in [1.807, 2.05) is 25.1 Å². The number of aryl methyl sites for hydroxylation is 1. The summed E-state index contributed by atoms with van der Waals surface area (Å²) >= 11 is 1.17. The fourth-order valence-electron chi connectivity index (χ4n) is 2.75. The van der Waals surface area contributed by atoms with Crippen molar-refractivity contribution in [3.05, 3.63) is 64.0 Å². The lowest BCUT2D eigenvalue weighted by Gasteiger charge is -2.05. The predicted molar refractivity (Wildman–Crippen MR) is 104 cm³/mol. The van der Waals surface area contributed by atoms with Crippen molar-refractivity contribution in [1.29, 1.82) is 5.26 Å². The van der Waals surface area contributed by atoms with Crippen molar-refractivity contribution < 1.29 is 14.3 Å². The van der Waals surface area contributed by atoms with Crippen LogP contribution < -0.4 is 20.5 Å². The van der Waals surface area contributed by atoms with Crippen molar-refractivity contribution in [2.45, 2.75) is 6.92 Å². The quantitative estimate of drug-likeness (QED) is 0.661. The fraction of sp³-hybridized carbons (Fsp3) is 0.100. The van der Waals surface area contributed by atoms with Crippen molar-refractivity contribution in [2.75, 3.05) is 17.8 Å². The summed E-state index contributed by atoms with van der Waals surface area (Å²) in [6.07, 6.45) is 0. The van der Waals surface area contributed by atoms with Crippen LogP contribution in [0.25, 0.3) is 0 Å². The zero-order valence-electron chi connectivity index (χ0n) is 14.4. The number of ketones is 1. The Hall–Kier alpha value is -3.50. The summed E-state index contributed by atoms with van der Waals surface area (Å²) in [6, 6.07) is 14.7. The van der Waals surface area contributed by atoms with Crippen LogP contribution in [0.15, 0.2) is 42.5 Å². The molecule has 6 nitrogen and oxygen atoms in total. The maximum Gasteiger partial charge on any atom is 0.231 e. The maximum absolute atomic E-state index is 12.8. The monoisotopic (exact) mass is 377 g/mol. The number of carbonyl (C=O) groups excluding carboxylic acids is 1. The number of nitriles is 1. The first-order valence-electron chi connectivity index (χ1n) is 8.17. The molecule has 0 saturated heterocycles. The van der Waals surface area contributed by atoms with Gasteiger partial charge in [-0.1, -0.05) is 29.8 Å². The zero-order valence-corrected chi connectivity index (χ0v) is 15.2. The van der Waals surface area contributed by atoms with Gasteiger partial charge in [-0.2, -0.15) is 5.26 Å². The third-order valence-corrected chi connectivity index (χ3v) is 5.33. The van der Waals surface area contributed by atoms with E-state index in [1.165, 1.54) is 11.3 Å². The summed E-state index contributed by atoms with van der Waals surface area (Å²) in [6.45, 7) is 2.14. The summed E-state index contributed by atoms with van der Waals surface area (Å²) in [4.78, 5) is 13.2. The number of thiophene rings is 1. The first-order valence-corrected chi connectivity index (χ1v) is 8.99. The molecule has 1 aliphatic rings. The van der Waals surface area contributed by atoms with Crippen molar-refractivity contribution >= 4 is 33.5 Å². The number of fused-ring (bicyclic) bond motifs is 1. The van der Waals surface area contributed by atoms with Gasteiger partial charge in [-0.3, -0.25) is 4.79 Å². The Morgan fingerprint density at radius 3 is 2.67 bits per heavy atom. The molecule has 0 amide bonds. The van der Waals surface area contributed by atoms with Gasteiger partial charge in [0.2, 0.25) is 12.6 Å². The number of nitrogens with one attached hydrogen (secondary N) is 1. The number of nitrogen functional groups attached to an aromatic ring is 1. The highest BCUT2D eigenvalue weighted by Crippen LogP contribution is 2.40. The molecule has 0 aliphatic carbocycles. The molecule has 0 atom stereocenters. The number of benzene rings is 2. The van der Waals surface area contributed by atoms with E-state index >= 15 is 0 Å². The Morgan fingerprint density at radius 1 is 1.19 bits per heavy atom. The van der Waals surface area contributed by atoms with Crippen molar-refractivity contribution in [1.82, 2.24) is 0 Å². The number of nitrogens with zero attached hydrogens (tertiary/aromatic N) is 1. The van der Waals surface area contributed by atoms with Crippen LogP contribution in [0.5, 0.6) is 11.5 Å². The molecule has 3 aromatic rings. The Kier molecular flexibility index (Phi) is 4.18. The lowest BCUT2D eigenvalue weighted by Crippen LogP contribution is -2.02. The Labute approximate surface area is 159 Å². The number of anilines is 3. The number of carbonyl (C=O) groups is 1. The minimum absolute atomic E-state index is 0.184. The van der Waals surface area contributed by atoms with E-state index in [2.05, 4.69) is 11.4 Å². The molecular weight excluding hydrogens is 362 g/mol. The van der Waals surface area contributed by atoms with Crippen LogP contribution in [0.4, 0.5) is 16.4 Å². The normalized spacial score (nSPS) is 11.9. The van der Waals surface area contributed by atoms with Crippen LogP contribution in [0, 0.1) is 18.3 Å². The van der Waals surface area contributed by atoms with E-state index in [0.717, 1.165) is 5.56 Å². The number of hydrogen-bond acceptors (Lipinski definition) is 7. The van der Waals surface area contributed by atoms with Crippen LogP contribution in [-0.4, -0.2) is 12.6 Å². The molecule has 27 heavy (non-hydrogen) atoms. The van der Waals surface area contributed by atoms with E-state index in [-0.39, 0.29) is 23.8 Å². The van der Waals surface area contributed by atoms with E-state index in [0.29, 0.717) is 32.6 Å². The molecule has 0 unspecified atom stereocenters. The second-order valence-electron chi connectivity index (χ2n) is 6.05. The van der Waals surface area contributed by atoms with Gasteiger partial charge in [0.15, 0.2) is 11.5 Å². The average Bonchev–Trinajstić information content (AvgIpc) is 3.25. The Morgan fingerprint density at radius 2 is 1.93 bits per heavy atom. The first-order chi connectivity index (χ1) is 13.1. The largest absolute Gasteiger partial charge is 0.454 e. The van der Waals surface area contributed by atoms with Crippen LogP contribution in [0.3, 0.4) is 0 Å². The third kappa shape index (κ3) is 3.07. The number of nitrogens with two attached hydrogens (primary N) is 1. The smallest absolute Gasteiger partial charge is 0.231 e. The standard InChI is InChI=1S/C20H15N3O3S/c1-11-2-4-12(5-3-11)18(24)19-17(22)14(9-21)20(27-19)23-13-6-7-15-16(8-13)26-10-25-15/h2-8,23H,10,22H2,1H3. The molecule has 1 aliphatic heterocycles. The number of rotatable bonds is 4. The SMILES string of the molecule is Cc1ccc(C(=O)c2sc(Nc3ccc4c(c3)OCO4)c(C#N)c2N)cc1. The van der Waals surface area contributed by atoms with Gasteiger partial charge in [0.1, 0.15) is 21.5 Å². The minimum atomic E-state index is -0.201. The molecule has 134 valence electrons. The van der Waals surface area contributed by atoms with Crippen LogP contribution in [0.2, 0.25) is 0 Å². The fourth-order valence-corrected chi connectivity index (χ4v) is 3.81. The summed E-state index contributed by atoms with van der Waals surface area (Å²) in [7, 11) is 0. The van der Waals surface area contributed by atoms with Gasteiger partial charge in [-0.25, -0.2) is 0 Å². The first kappa shape index (κ1) is 16.9. The summed E-state index contributed by atoms with van der Waals surface area (Å²) in [5, 5.41) is 13.2. The average molecular weight is 377 g/mol. The maximum atomic E-state index is 12.8. The topological polar surface area (TPSA) is 97.4 Å². The summed E-state index contributed by atoms with van der Waals surface area (Å²) in [5.74, 6) is 1.09. The van der Waals surface area contributed by atoms with E-state index in [4.69, 9.17) is 15.2 Å². The second-order valence-corrected chi connectivity index (χ2v) is 7.07. The van der Waals surface area contributed by atoms with Crippen molar-refractivity contribution in [3.63, 3.8) is 0 Å². The van der Waals surface area contributed by atoms with Gasteiger partial charge in [-0.15, -0.1) is 11.3 Å². The lowest BCUT2D eigenvalue weighted by molar-refractivity contribution is 0.104. The van der Waals surface area contributed by atoms with Gasteiger partial charge in [0.25, 0.3) is 0 Å². The Balaban J connectivity index is 1.68. The molecule has 0 radical (unpaired) electrons. The highest BCUT2D eigenvalue weighted by atomic mass is 32.1. The molecule has 4 rings (SSSR count). The lowest BCUT2D eigenvalue weighted by atomic mass is 10.1. The van der Waals surface area contributed by atoms with Crippen molar-refractivity contribution in [2.24, 2.45) is 0 Å². The molecule has 3 N–H and O–H groups in total. The van der Waals surface area contributed by atoms with Crippen molar-refractivity contribution in [3.8, 4) is 17.6 Å². The van der Waals surface area contributed by atoms with E-state index < -0.39 is 0 Å². The molecule has 2 heterocycles. The molecule has 0 fully saturated rings. The minimum Gasteiger partial charge on any atom is -0.454 e.